The van der Waals surface area contributed by atoms with Crippen LogP contribution in [0.4, 0.5) is 19.0 Å². The maximum Gasteiger partial charge on any atom is 0.319 e. The molecule has 8 nitrogen and oxygen atoms in total. The van der Waals surface area contributed by atoms with Crippen LogP contribution >= 0.6 is 0 Å². The van der Waals surface area contributed by atoms with Gasteiger partial charge in [-0.05, 0) is 85.6 Å². The van der Waals surface area contributed by atoms with Gasteiger partial charge in [-0.2, -0.15) is 9.97 Å². The zero-order valence-corrected chi connectivity index (χ0v) is 25.3. The number of nitrogens with one attached hydrogen (secondary N) is 1. The van der Waals surface area contributed by atoms with E-state index < -0.39 is 23.3 Å². The summed E-state index contributed by atoms with van der Waals surface area (Å²) >= 11 is 0. The Kier molecular flexibility index (Phi) is 7.01. The van der Waals surface area contributed by atoms with Crippen molar-refractivity contribution in [1.29, 1.82) is 0 Å². The second-order valence-electron chi connectivity index (χ2n) is 13.2. The Morgan fingerprint density at radius 1 is 1.13 bits per heavy atom. The Morgan fingerprint density at radius 2 is 2.02 bits per heavy atom. The molecular formula is C34H37F3N6O2. The molecule has 0 spiro atoms. The van der Waals surface area contributed by atoms with Crippen molar-refractivity contribution in [2.75, 3.05) is 44.2 Å². The summed E-state index contributed by atoms with van der Waals surface area (Å²) in [6.45, 7) is 5.75. The van der Waals surface area contributed by atoms with Crippen LogP contribution in [0.15, 0.2) is 30.5 Å². The van der Waals surface area contributed by atoms with Gasteiger partial charge in [0.2, 0.25) is 0 Å². The van der Waals surface area contributed by atoms with Gasteiger partial charge in [-0.1, -0.05) is 13.0 Å². The lowest BCUT2D eigenvalue weighted by Gasteiger charge is -2.31. The van der Waals surface area contributed by atoms with Gasteiger partial charge >= 0.3 is 6.01 Å². The summed E-state index contributed by atoms with van der Waals surface area (Å²) in [5, 5.41) is 15.7. The second kappa shape index (κ2) is 11.0. The molecular weight excluding hydrogens is 581 g/mol. The standard InChI is InChI=1S/C34H37F3N6O2/c1-2-23-26(36)7-6-19-11-22(44)12-24(28(19)23)30-29(37)31-25(14-39-30)32(42-15-20-5-3-9-38-27(20)17-42)41-33(40-31)45-18-34-8-4-10-43(34)16-21(35)13-34/h6-7,11-12,14,20-21,27,38,44H,2-5,8-10,13,15-18H2,1H3/t20?,21-,27?,34+/m1/s1. The number of benzene rings is 2. The average Bonchev–Trinajstić information content (AvgIpc) is 3.72. The van der Waals surface area contributed by atoms with E-state index in [4.69, 9.17) is 9.72 Å². The van der Waals surface area contributed by atoms with Gasteiger partial charge in [0.1, 0.15) is 41.4 Å². The third-order valence-corrected chi connectivity index (χ3v) is 10.5. The fourth-order valence-electron chi connectivity index (χ4n) is 8.41. The van der Waals surface area contributed by atoms with Crippen LogP contribution in [0.25, 0.3) is 32.9 Å². The Balaban J connectivity index is 1.26. The van der Waals surface area contributed by atoms with Crippen LogP contribution in [-0.2, 0) is 6.42 Å². The van der Waals surface area contributed by atoms with Gasteiger partial charge in [-0.3, -0.25) is 9.88 Å². The van der Waals surface area contributed by atoms with E-state index in [-0.39, 0.29) is 29.6 Å². The average molecular weight is 619 g/mol. The minimum Gasteiger partial charge on any atom is -0.508 e. The normalized spacial score (nSPS) is 26.6. The minimum atomic E-state index is -0.900. The SMILES string of the molecule is CCc1c(F)ccc2cc(O)cc(-c3ncc4c(N5CC6CCCNC6C5)nc(OC[C@@]56CCCN5C[C@H](F)C6)nc4c3F)c12. The molecule has 2 aromatic heterocycles. The summed E-state index contributed by atoms with van der Waals surface area (Å²) in [4.78, 5) is 18.3. The number of nitrogens with zero attached hydrogens (tertiary/aromatic N) is 5. The van der Waals surface area contributed by atoms with Gasteiger partial charge in [0, 0.05) is 43.9 Å². The predicted octanol–water partition coefficient (Wildman–Crippen LogP) is 5.53. The van der Waals surface area contributed by atoms with Crippen molar-refractivity contribution >= 4 is 27.5 Å². The zero-order chi connectivity index (χ0) is 30.9. The Labute approximate surface area is 259 Å². The molecule has 236 valence electrons. The lowest BCUT2D eigenvalue weighted by atomic mass is 9.94. The summed E-state index contributed by atoms with van der Waals surface area (Å²) in [6.07, 6.45) is 5.49. The molecule has 0 bridgehead atoms. The number of pyridine rings is 1. The lowest BCUT2D eigenvalue weighted by Crippen LogP contribution is -2.43. The first kappa shape index (κ1) is 28.8. The summed E-state index contributed by atoms with van der Waals surface area (Å²) in [5.41, 5.74) is 0.316. The van der Waals surface area contributed by atoms with Gasteiger partial charge in [0.25, 0.3) is 0 Å². The molecule has 6 heterocycles. The first-order valence-electron chi connectivity index (χ1n) is 16.1. The number of fused-ring (bicyclic) bond motifs is 4. The molecule has 8 rings (SSSR count). The number of rotatable bonds is 6. The third-order valence-electron chi connectivity index (χ3n) is 10.5. The maximum atomic E-state index is 16.8. The zero-order valence-electron chi connectivity index (χ0n) is 25.3. The molecule has 4 aromatic rings. The van der Waals surface area contributed by atoms with E-state index in [2.05, 4.69) is 25.1 Å². The highest BCUT2D eigenvalue weighted by atomic mass is 19.1. The third kappa shape index (κ3) is 4.77. The fraction of sp³-hybridized carbons (Fsp3) is 0.500. The minimum absolute atomic E-state index is 0.0346. The monoisotopic (exact) mass is 618 g/mol. The Morgan fingerprint density at radius 3 is 2.87 bits per heavy atom. The van der Waals surface area contributed by atoms with Crippen molar-refractivity contribution in [3.8, 4) is 23.0 Å². The van der Waals surface area contributed by atoms with Gasteiger partial charge in [-0.15, -0.1) is 0 Å². The van der Waals surface area contributed by atoms with Gasteiger partial charge < -0.3 is 20.1 Å². The predicted molar refractivity (Wildman–Crippen MR) is 167 cm³/mol. The number of ether oxygens (including phenoxy) is 1. The molecule has 4 fully saturated rings. The van der Waals surface area contributed by atoms with Crippen molar-refractivity contribution in [1.82, 2.24) is 25.2 Å². The number of phenolic OH excluding ortho intramolecular Hbond substituents is 1. The lowest BCUT2D eigenvalue weighted by molar-refractivity contribution is 0.107. The molecule has 0 amide bonds. The van der Waals surface area contributed by atoms with E-state index in [1.165, 1.54) is 12.1 Å². The van der Waals surface area contributed by atoms with Gasteiger partial charge in [0.05, 0.1) is 10.9 Å². The summed E-state index contributed by atoms with van der Waals surface area (Å²) < 4.78 is 52.5. The van der Waals surface area contributed by atoms with Crippen LogP contribution in [0.2, 0.25) is 0 Å². The number of aryl methyl sites for hydroxylation is 1. The van der Waals surface area contributed by atoms with Crippen molar-refractivity contribution in [3.05, 3.63) is 47.7 Å². The van der Waals surface area contributed by atoms with Crippen LogP contribution in [0.3, 0.4) is 0 Å². The van der Waals surface area contributed by atoms with Crippen LogP contribution in [0, 0.1) is 17.6 Å². The van der Waals surface area contributed by atoms with Crippen LogP contribution in [0.5, 0.6) is 11.8 Å². The maximum absolute atomic E-state index is 16.8. The largest absolute Gasteiger partial charge is 0.508 e. The highest BCUT2D eigenvalue weighted by molar-refractivity contribution is 6.01. The van der Waals surface area contributed by atoms with Crippen molar-refractivity contribution in [2.45, 2.75) is 63.2 Å². The van der Waals surface area contributed by atoms with Crippen LogP contribution < -0.4 is 15.0 Å². The van der Waals surface area contributed by atoms with E-state index in [1.54, 1.807) is 18.3 Å². The van der Waals surface area contributed by atoms with Crippen LogP contribution in [0.1, 0.15) is 44.6 Å². The number of phenols is 1. The van der Waals surface area contributed by atoms with E-state index in [9.17, 15) is 13.9 Å². The number of hydrogen-bond acceptors (Lipinski definition) is 8. The molecule has 2 aromatic carbocycles. The second-order valence-corrected chi connectivity index (χ2v) is 13.2. The summed E-state index contributed by atoms with van der Waals surface area (Å²) in [7, 11) is 0. The fourth-order valence-corrected chi connectivity index (χ4v) is 8.41. The molecule has 0 radical (unpaired) electrons. The number of halogens is 3. The molecule has 11 heteroatoms. The molecule has 4 saturated heterocycles. The number of hydrogen-bond donors (Lipinski definition) is 2. The number of piperidine rings is 1. The number of anilines is 1. The topological polar surface area (TPSA) is 86.6 Å². The summed E-state index contributed by atoms with van der Waals surface area (Å²) in [5.74, 6) is -0.155. The van der Waals surface area contributed by atoms with Gasteiger partial charge in [0.15, 0.2) is 5.82 Å². The number of aromatic nitrogens is 3. The number of aromatic hydroxyl groups is 1. The van der Waals surface area contributed by atoms with E-state index >= 15 is 4.39 Å². The number of alkyl halides is 1. The van der Waals surface area contributed by atoms with Crippen molar-refractivity contribution in [3.63, 3.8) is 0 Å². The van der Waals surface area contributed by atoms with E-state index in [1.807, 2.05) is 6.92 Å². The summed E-state index contributed by atoms with van der Waals surface area (Å²) in [6, 6.07) is 6.27. The van der Waals surface area contributed by atoms with E-state index in [0.29, 0.717) is 64.4 Å². The molecule has 2 N–H and O–H groups in total. The molecule has 4 aliphatic rings. The van der Waals surface area contributed by atoms with E-state index in [0.717, 1.165) is 51.9 Å². The van der Waals surface area contributed by atoms with Crippen molar-refractivity contribution < 1.29 is 23.0 Å². The smallest absolute Gasteiger partial charge is 0.319 e. The molecule has 0 saturated carbocycles. The first-order valence-corrected chi connectivity index (χ1v) is 16.1. The van der Waals surface area contributed by atoms with Crippen LogP contribution in [-0.4, -0.2) is 82.0 Å². The molecule has 0 aliphatic carbocycles. The molecule has 45 heavy (non-hydrogen) atoms. The molecule has 4 atom stereocenters. The molecule has 2 unspecified atom stereocenters. The highest BCUT2D eigenvalue weighted by Crippen LogP contribution is 2.42. The van der Waals surface area contributed by atoms with Crippen molar-refractivity contribution in [2.24, 2.45) is 5.92 Å². The highest BCUT2D eigenvalue weighted by Gasteiger charge is 2.49. The quantitative estimate of drug-likeness (QED) is 0.292. The Bertz CT molecular complexity index is 1790. The molecule has 4 aliphatic heterocycles. The first-order chi connectivity index (χ1) is 21.8. The Hall–Kier alpha value is -3.70. The van der Waals surface area contributed by atoms with Gasteiger partial charge in [-0.25, -0.2) is 13.2 Å².